The number of rotatable bonds is 9. The molecule has 448 valence electrons. The van der Waals surface area contributed by atoms with Crippen LogP contribution in [-0.2, 0) is 38.5 Å². The third kappa shape index (κ3) is 13.1. The molecule has 3 aliphatic rings. The molecule has 3 aromatic carbocycles. The first-order valence-corrected chi connectivity index (χ1v) is 28.4. The maximum Gasteiger partial charge on any atom is 0.160 e. The fourth-order valence-corrected chi connectivity index (χ4v) is 11.4. The number of halogens is 5. The van der Waals surface area contributed by atoms with E-state index in [1.807, 2.05) is 57.2 Å². The number of phenols is 1. The van der Waals surface area contributed by atoms with Crippen molar-refractivity contribution in [3.63, 3.8) is 0 Å². The van der Waals surface area contributed by atoms with Crippen molar-refractivity contribution in [1.82, 2.24) is 58.7 Å². The molecule has 0 saturated heterocycles. The number of anilines is 2. The minimum absolute atomic E-state index is 0. The first-order chi connectivity index (χ1) is 42.1. The van der Waals surface area contributed by atoms with Crippen LogP contribution in [0.1, 0.15) is 50.1 Å². The van der Waals surface area contributed by atoms with Gasteiger partial charge in [-0.3, -0.25) is 15.0 Å². The summed E-state index contributed by atoms with van der Waals surface area (Å²) in [6.45, 7) is 5.80. The van der Waals surface area contributed by atoms with Crippen LogP contribution >= 0.6 is 28.6 Å². The number of nitrogens with two attached hydrogens (primary N) is 1. The Balaban J connectivity index is 0.000000127. The highest BCUT2D eigenvalue weighted by atomic mass is 79.9. The summed E-state index contributed by atoms with van der Waals surface area (Å²) in [5.74, 6) is 2.52. The van der Waals surface area contributed by atoms with Gasteiger partial charge in [-0.25, -0.2) is 32.6 Å². The topological polar surface area (TPSA) is 218 Å². The summed E-state index contributed by atoms with van der Waals surface area (Å²) in [6, 6.07) is 28.3. The van der Waals surface area contributed by atoms with Crippen LogP contribution in [0.4, 0.5) is 24.8 Å². The Morgan fingerprint density at radius 2 is 0.852 bits per heavy atom. The highest BCUT2D eigenvalue weighted by Crippen LogP contribution is 2.33. The molecule has 0 radical (unpaired) electrons. The van der Waals surface area contributed by atoms with Gasteiger partial charge in [-0.15, -0.1) is 17.0 Å². The lowest BCUT2D eigenvalue weighted by atomic mass is 10.1. The third-order valence-electron chi connectivity index (χ3n) is 15.5. The van der Waals surface area contributed by atoms with E-state index in [1.165, 1.54) is 62.9 Å². The van der Waals surface area contributed by atoms with Gasteiger partial charge in [0.05, 0.1) is 68.5 Å². The Bertz CT molecular complexity index is 4540. The van der Waals surface area contributed by atoms with Crippen molar-refractivity contribution < 1.29 is 27.8 Å². The Morgan fingerprint density at radius 3 is 1.31 bits per heavy atom. The summed E-state index contributed by atoms with van der Waals surface area (Å²) >= 11 is 6.11. The zero-order valence-electron chi connectivity index (χ0n) is 48.5. The average molecular weight is 1270 g/mol. The van der Waals surface area contributed by atoms with Crippen LogP contribution in [0, 0.1) is 38.2 Å². The summed E-state index contributed by atoms with van der Waals surface area (Å²) in [7, 11) is 3.37. The monoisotopic (exact) mass is 1270 g/mol. The summed E-state index contributed by atoms with van der Waals surface area (Å²) in [5, 5.41) is 30.3. The molecule has 23 heteroatoms. The standard InChI is InChI=1S/C22H20FN5O.C21H18FN5O.C12H8ClFN4.C10H13NO.BrH/c1-13-10-25-28-21(9-20(27-22(13)28)16-5-17(23)12-24-11-16)26-18-6-14-3-4-19(29-2)8-15(14)7-18;1-12-9-24-27-20(25-17-5-13-2-3-18(28)7-14(13)6-17)8-19(26-21(12)27)15-4-16(22)11-23-10-15;1-7-4-16-18-11(13)3-10(17-12(7)18)8-2-9(14)6-15-5-8;1-12-10-3-2-7-4-9(11)5-8(7)6-10;/h3-5,8-12,18,26H,6-7H2,1-2H3;2-4,7-11,17,25,28H,5-6H2,1H3;2-6H,1H3;2-3,6,9H,4-5,11H2,1H3;1H/t18-;17-;;9-;/m11.1./s1. The van der Waals surface area contributed by atoms with Crippen molar-refractivity contribution in [1.29, 1.82) is 0 Å². The van der Waals surface area contributed by atoms with Crippen LogP contribution in [-0.4, -0.2) is 96.2 Å². The molecule has 0 bridgehead atoms. The van der Waals surface area contributed by atoms with Gasteiger partial charge in [-0.2, -0.15) is 24.3 Å². The van der Waals surface area contributed by atoms with Crippen molar-refractivity contribution in [2.75, 3.05) is 24.9 Å². The molecule has 0 aliphatic heterocycles. The number of benzene rings is 3. The summed E-state index contributed by atoms with van der Waals surface area (Å²) in [5.41, 5.74) is 22.2. The van der Waals surface area contributed by atoms with Gasteiger partial charge >= 0.3 is 0 Å². The SMILES string of the molecule is Br.COc1ccc2c(c1)C[C@H](N)C2.COc1ccc2c(c1)C[C@H](Nc1cc(-c3cncc(F)c3)nc3c(C)cnn13)C2.Cc1cnn2c(Cl)cc(-c3cncc(F)c3)nc12.Cc1cnn2c(N[C@@H]3Cc4ccc(O)cc4C3)cc(-c3cncc(F)c3)nc12. The van der Waals surface area contributed by atoms with Crippen LogP contribution in [0.5, 0.6) is 17.2 Å². The Morgan fingerprint density at radius 1 is 0.477 bits per heavy atom. The number of aromatic hydroxyl groups is 1. The fourth-order valence-electron chi connectivity index (χ4n) is 11.2. The minimum atomic E-state index is -0.407. The highest BCUT2D eigenvalue weighted by Gasteiger charge is 2.26. The first-order valence-electron chi connectivity index (χ1n) is 28.1. The van der Waals surface area contributed by atoms with Crippen molar-refractivity contribution in [2.45, 2.75) is 77.4 Å². The summed E-state index contributed by atoms with van der Waals surface area (Å²) in [4.78, 5) is 25.4. The lowest BCUT2D eigenvalue weighted by molar-refractivity contribution is 0.414. The van der Waals surface area contributed by atoms with E-state index in [9.17, 15) is 18.3 Å². The lowest BCUT2D eigenvalue weighted by Crippen LogP contribution is -2.21. The average Bonchev–Trinajstić information content (AvgIpc) is 3.09. The molecule has 15 rings (SSSR count). The van der Waals surface area contributed by atoms with Gasteiger partial charge in [-0.05, 0) is 147 Å². The zero-order valence-corrected chi connectivity index (χ0v) is 50.9. The van der Waals surface area contributed by atoms with E-state index in [4.69, 9.17) is 26.8 Å². The number of pyridine rings is 3. The number of nitrogens with zero attached hydrogens (tertiary/aromatic N) is 12. The number of ether oxygens (including phenoxy) is 2. The zero-order chi connectivity index (χ0) is 60.5. The van der Waals surface area contributed by atoms with Gasteiger partial charge in [0.15, 0.2) is 16.9 Å². The van der Waals surface area contributed by atoms with Crippen LogP contribution in [0.3, 0.4) is 0 Å². The van der Waals surface area contributed by atoms with Crippen molar-refractivity contribution >= 4 is 57.2 Å². The minimum Gasteiger partial charge on any atom is -0.508 e. The molecule has 0 amide bonds. The Labute approximate surface area is 519 Å². The van der Waals surface area contributed by atoms with E-state index in [2.05, 4.69) is 80.1 Å². The molecule has 0 fully saturated rings. The van der Waals surface area contributed by atoms with Crippen LogP contribution in [0.15, 0.2) is 147 Å². The fraction of sp³-hybridized carbons (Fsp3) is 0.215. The van der Waals surface area contributed by atoms with Gasteiger partial charge in [0.25, 0.3) is 0 Å². The number of aromatic nitrogens is 12. The molecule has 18 nitrogen and oxygen atoms in total. The molecular formula is C65H60BrClF3N15O3. The molecule has 88 heavy (non-hydrogen) atoms. The third-order valence-corrected chi connectivity index (χ3v) is 15.7. The molecule has 0 saturated carbocycles. The van der Waals surface area contributed by atoms with E-state index < -0.39 is 11.6 Å². The van der Waals surface area contributed by atoms with Gasteiger partial charge < -0.3 is 30.9 Å². The van der Waals surface area contributed by atoms with E-state index in [0.717, 1.165) is 101 Å². The number of hydrogen-bond acceptors (Lipinski definition) is 15. The lowest BCUT2D eigenvalue weighted by Gasteiger charge is -2.16. The highest BCUT2D eigenvalue weighted by molar-refractivity contribution is 8.93. The number of hydrogen-bond donors (Lipinski definition) is 4. The maximum absolute atomic E-state index is 13.7. The molecule has 9 aromatic heterocycles. The number of fused-ring (bicyclic) bond motifs is 6. The first kappa shape index (κ1) is 60.2. The molecule has 5 N–H and O–H groups in total. The maximum atomic E-state index is 13.7. The summed E-state index contributed by atoms with van der Waals surface area (Å²) in [6.07, 6.45) is 19.0. The quantitative estimate of drug-likeness (QED) is 0.0988. The van der Waals surface area contributed by atoms with E-state index in [0.29, 0.717) is 50.6 Å². The van der Waals surface area contributed by atoms with Gasteiger partial charge in [-0.1, -0.05) is 29.8 Å². The summed E-state index contributed by atoms with van der Waals surface area (Å²) < 4.78 is 56.1. The van der Waals surface area contributed by atoms with Crippen molar-refractivity contribution in [3.8, 4) is 51.0 Å². The van der Waals surface area contributed by atoms with Gasteiger partial charge in [0.2, 0.25) is 0 Å². The Hall–Kier alpha value is -9.51. The van der Waals surface area contributed by atoms with Crippen molar-refractivity contribution in [2.24, 2.45) is 5.73 Å². The van der Waals surface area contributed by atoms with Crippen molar-refractivity contribution in [3.05, 3.63) is 219 Å². The second kappa shape index (κ2) is 25.8. The molecule has 12 aromatic rings. The number of nitrogens with one attached hydrogen (secondary N) is 2. The Kier molecular flexibility index (Phi) is 17.7. The van der Waals surface area contributed by atoms with Gasteiger partial charge in [0.1, 0.15) is 51.5 Å². The van der Waals surface area contributed by atoms with E-state index in [1.54, 1.807) is 72.6 Å². The second-order valence-electron chi connectivity index (χ2n) is 21.8. The number of phenolic OH excluding ortho intramolecular Hbond substituents is 1. The molecule has 9 heterocycles. The van der Waals surface area contributed by atoms with E-state index in [-0.39, 0.29) is 40.6 Å². The van der Waals surface area contributed by atoms with Crippen LogP contribution < -0.4 is 25.8 Å². The predicted molar refractivity (Wildman–Crippen MR) is 337 cm³/mol. The second-order valence-corrected chi connectivity index (χ2v) is 22.2. The van der Waals surface area contributed by atoms with E-state index >= 15 is 0 Å². The normalized spacial score (nSPS) is 15.2. The van der Waals surface area contributed by atoms with Crippen LogP contribution in [0.2, 0.25) is 5.15 Å². The molecule has 0 unspecified atom stereocenters. The number of methoxy groups -OCH3 is 2. The number of aryl methyl sites for hydroxylation is 3. The molecule has 3 atom stereocenters. The van der Waals surface area contributed by atoms with Gasteiger partial charge in [0, 0.05) is 88.3 Å². The largest absolute Gasteiger partial charge is 0.508 e. The van der Waals surface area contributed by atoms with Crippen LogP contribution in [0.25, 0.3) is 50.7 Å². The molecule has 0 spiro atoms. The smallest absolute Gasteiger partial charge is 0.160 e. The molecular weight excluding hydrogens is 1210 g/mol. The molecule has 3 aliphatic carbocycles. The predicted octanol–water partition coefficient (Wildman–Crippen LogP) is 11.9.